The minimum absolute atomic E-state index is 0.150. The van der Waals surface area contributed by atoms with Crippen LogP contribution in [0, 0.1) is 0 Å². The molecule has 1 N–H and O–H groups in total. The minimum Gasteiger partial charge on any atom is -0.353 e. The predicted molar refractivity (Wildman–Crippen MR) is 140 cm³/mol. The van der Waals surface area contributed by atoms with E-state index in [0.717, 1.165) is 45.9 Å². The second kappa shape index (κ2) is 11.0. The Morgan fingerprint density at radius 1 is 0.794 bits per heavy atom. The first-order valence-corrected chi connectivity index (χ1v) is 13.2. The molecule has 1 fully saturated rings. The summed E-state index contributed by atoms with van der Waals surface area (Å²) in [6, 6.07) is 16.6. The highest BCUT2D eigenvalue weighted by Crippen LogP contribution is 2.28. The maximum absolute atomic E-state index is 13.0. The highest BCUT2D eigenvalue weighted by Gasteiger charge is 2.17. The number of benzene rings is 2. The zero-order valence-electron chi connectivity index (χ0n) is 20.1. The molecule has 0 aliphatic heterocycles. The number of fused-ring (bicyclic) bond motifs is 4. The van der Waals surface area contributed by atoms with Crippen LogP contribution in [-0.2, 0) is 11.3 Å². The van der Waals surface area contributed by atoms with Crippen LogP contribution < -0.4 is 5.32 Å². The molecule has 0 atom stereocenters. The number of hydrogen-bond donors (Lipinski definition) is 1. The van der Waals surface area contributed by atoms with Crippen LogP contribution >= 0.6 is 0 Å². The van der Waals surface area contributed by atoms with Gasteiger partial charge in [0.05, 0.1) is 16.6 Å². The Balaban J connectivity index is 1.31. The van der Waals surface area contributed by atoms with Crippen LogP contribution in [0.5, 0.6) is 0 Å². The summed E-state index contributed by atoms with van der Waals surface area (Å²) in [6.07, 6.45) is 14.5. The number of amides is 1. The van der Waals surface area contributed by atoms with Gasteiger partial charge in [-0.1, -0.05) is 88.1 Å². The number of carbonyl (C=O) groups excluding carboxylic acids is 1. The molecular weight excluding hydrogens is 420 g/mol. The average Bonchev–Trinajstić information content (AvgIpc) is 3.15. The van der Waals surface area contributed by atoms with Crippen LogP contribution in [0.15, 0.2) is 48.5 Å². The Hall–Kier alpha value is -2.95. The van der Waals surface area contributed by atoms with Gasteiger partial charge in [-0.05, 0) is 31.0 Å². The SMILES string of the molecule is O=C(CCn1c2ccccc2c2nc3ccccc3nc21)NC1CCCCCCCCCCC1. The molecule has 1 saturated carbocycles. The molecule has 0 spiro atoms. The van der Waals surface area contributed by atoms with Gasteiger partial charge < -0.3 is 9.88 Å². The molecule has 34 heavy (non-hydrogen) atoms. The van der Waals surface area contributed by atoms with Crippen LogP contribution in [0.2, 0.25) is 0 Å². The van der Waals surface area contributed by atoms with E-state index in [9.17, 15) is 4.79 Å². The van der Waals surface area contributed by atoms with Crippen molar-refractivity contribution in [1.82, 2.24) is 19.9 Å². The summed E-state index contributed by atoms with van der Waals surface area (Å²) in [6.45, 7) is 0.607. The zero-order chi connectivity index (χ0) is 23.2. The lowest BCUT2D eigenvalue weighted by Crippen LogP contribution is -2.35. The van der Waals surface area contributed by atoms with Gasteiger partial charge in [-0.15, -0.1) is 0 Å². The molecule has 1 amide bonds. The monoisotopic (exact) mass is 456 g/mol. The highest BCUT2D eigenvalue weighted by atomic mass is 16.1. The van der Waals surface area contributed by atoms with E-state index in [1.54, 1.807) is 0 Å². The number of aromatic nitrogens is 3. The number of hydrogen-bond acceptors (Lipinski definition) is 3. The van der Waals surface area contributed by atoms with Gasteiger partial charge in [0.1, 0.15) is 5.52 Å². The predicted octanol–water partition coefficient (Wildman–Crippen LogP) is 6.92. The van der Waals surface area contributed by atoms with Crippen molar-refractivity contribution in [3.05, 3.63) is 48.5 Å². The lowest BCUT2D eigenvalue weighted by Gasteiger charge is -2.20. The van der Waals surface area contributed by atoms with Crippen molar-refractivity contribution in [2.75, 3.05) is 0 Å². The van der Waals surface area contributed by atoms with Crippen LogP contribution in [0.1, 0.15) is 77.0 Å². The molecule has 0 saturated heterocycles. The van der Waals surface area contributed by atoms with Crippen LogP contribution in [0.4, 0.5) is 0 Å². The number of carbonyl (C=O) groups is 1. The minimum atomic E-state index is 0.150. The molecule has 5 rings (SSSR count). The summed E-state index contributed by atoms with van der Waals surface area (Å²) < 4.78 is 2.17. The van der Waals surface area contributed by atoms with Gasteiger partial charge in [0, 0.05) is 24.4 Å². The van der Waals surface area contributed by atoms with Gasteiger partial charge >= 0.3 is 0 Å². The van der Waals surface area contributed by atoms with Crippen molar-refractivity contribution in [3.63, 3.8) is 0 Å². The Labute approximate surface area is 202 Å². The summed E-state index contributed by atoms with van der Waals surface area (Å²) in [5, 5.41) is 4.46. The molecule has 1 aliphatic carbocycles. The fourth-order valence-corrected chi connectivity index (χ4v) is 5.43. The Bertz CT molecular complexity index is 1250. The topological polar surface area (TPSA) is 59.8 Å². The van der Waals surface area contributed by atoms with E-state index in [2.05, 4.69) is 22.0 Å². The van der Waals surface area contributed by atoms with Gasteiger partial charge in [0.2, 0.25) is 5.91 Å². The lowest BCUT2D eigenvalue weighted by atomic mass is 9.98. The van der Waals surface area contributed by atoms with Gasteiger partial charge in [-0.25, -0.2) is 9.97 Å². The molecule has 0 unspecified atom stereocenters. The van der Waals surface area contributed by atoms with Crippen LogP contribution in [0.25, 0.3) is 33.1 Å². The number of nitrogens with one attached hydrogen (secondary N) is 1. The lowest BCUT2D eigenvalue weighted by molar-refractivity contribution is -0.122. The summed E-state index contributed by atoms with van der Waals surface area (Å²) in [5.41, 5.74) is 4.65. The first kappa shape index (κ1) is 22.8. The first-order valence-electron chi connectivity index (χ1n) is 13.2. The summed E-state index contributed by atoms with van der Waals surface area (Å²) in [7, 11) is 0. The van der Waals surface area contributed by atoms with Gasteiger partial charge in [0.25, 0.3) is 0 Å². The first-order chi connectivity index (χ1) is 16.8. The van der Waals surface area contributed by atoms with Crippen molar-refractivity contribution in [3.8, 4) is 0 Å². The van der Waals surface area contributed by atoms with E-state index >= 15 is 0 Å². The largest absolute Gasteiger partial charge is 0.353 e. The summed E-state index contributed by atoms with van der Waals surface area (Å²) in [4.78, 5) is 22.9. The van der Waals surface area contributed by atoms with E-state index < -0.39 is 0 Å². The van der Waals surface area contributed by atoms with Gasteiger partial charge in [0.15, 0.2) is 5.65 Å². The molecule has 5 nitrogen and oxygen atoms in total. The van der Waals surface area contributed by atoms with E-state index in [1.165, 1.54) is 57.8 Å². The third-order valence-electron chi connectivity index (χ3n) is 7.29. The molecule has 1 aliphatic rings. The molecule has 2 heterocycles. The zero-order valence-corrected chi connectivity index (χ0v) is 20.1. The Kier molecular flexibility index (Phi) is 7.37. The average molecular weight is 457 g/mol. The second-order valence-corrected chi connectivity index (χ2v) is 9.83. The fraction of sp³-hybridized carbons (Fsp3) is 0.483. The number of aryl methyl sites for hydroxylation is 1. The van der Waals surface area contributed by atoms with Crippen LogP contribution in [0.3, 0.4) is 0 Å². The Morgan fingerprint density at radius 2 is 1.38 bits per heavy atom. The molecule has 5 heteroatoms. The molecular formula is C29H36N4O. The van der Waals surface area contributed by atoms with Crippen molar-refractivity contribution in [1.29, 1.82) is 0 Å². The molecule has 2 aromatic carbocycles. The van der Waals surface area contributed by atoms with E-state index in [-0.39, 0.29) is 5.91 Å². The van der Waals surface area contributed by atoms with E-state index in [1.807, 2.05) is 36.4 Å². The van der Waals surface area contributed by atoms with E-state index in [0.29, 0.717) is 19.0 Å². The summed E-state index contributed by atoms with van der Waals surface area (Å²) >= 11 is 0. The van der Waals surface area contributed by atoms with Gasteiger partial charge in [-0.3, -0.25) is 4.79 Å². The third kappa shape index (κ3) is 5.24. The molecule has 0 bridgehead atoms. The Morgan fingerprint density at radius 3 is 2.09 bits per heavy atom. The molecule has 2 aromatic heterocycles. The fourth-order valence-electron chi connectivity index (χ4n) is 5.43. The number of para-hydroxylation sites is 3. The maximum Gasteiger partial charge on any atom is 0.222 e. The van der Waals surface area contributed by atoms with Crippen molar-refractivity contribution >= 4 is 39.0 Å². The van der Waals surface area contributed by atoms with Crippen molar-refractivity contribution in [2.24, 2.45) is 0 Å². The van der Waals surface area contributed by atoms with Gasteiger partial charge in [-0.2, -0.15) is 0 Å². The maximum atomic E-state index is 13.0. The third-order valence-corrected chi connectivity index (χ3v) is 7.29. The quantitative estimate of drug-likeness (QED) is 0.363. The molecule has 0 radical (unpaired) electrons. The van der Waals surface area contributed by atoms with Crippen LogP contribution in [-0.4, -0.2) is 26.5 Å². The van der Waals surface area contributed by atoms with E-state index in [4.69, 9.17) is 9.97 Å². The second-order valence-electron chi connectivity index (χ2n) is 9.83. The highest BCUT2D eigenvalue weighted by molar-refractivity contribution is 6.06. The molecule has 4 aromatic rings. The number of nitrogens with zero attached hydrogens (tertiary/aromatic N) is 3. The normalized spacial score (nSPS) is 16.9. The smallest absolute Gasteiger partial charge is 0.222 e. The van der Waals surface area contributed by atoms with Crippen molar-refractivity contribution in [2.45, 2.75) is 89.6 Å². The molecule has 178 valence electrons. The number of rotatable bonds is 4. The van der Waals surface area contributed by atoms with Crippen molar-refractivity contribution < 1.29 is 4.79 Å². The summed E-state index contributed by atoms with van der Waals surface area (Å²) in [5.74, 6) is 0.150. The standard InChI is InChI=1S/C29H36N4O/c34-27(30-22-14-8-6-4-2-1-3-5-7-9-15-22)20-21-33-26-19-13-10-16-23(26)28-29(33)32-25-18-12-11-17-24(25)31-28/h10-13,16-19,22H,1-9,14-15,20-21H2,(H,30,34).